The third-order valence-electron chi connectivity index (χ3n) is 5.34. The zero-order valence-corrected chi connectivity index (χ0v) is 17.5. The Labute approximate surface area is 172 Å². The summed E-state index contributed by atoms with van der Waals surface area (Å²) >= 11 is 1.67. The van der Waals surface area contributed by atoms with Crippen LogP contribution in [0.1, 0.15) is 51.1 Å². The molecular weight excluding hydrogens is 386 g/mol. The Kier molecular flexibility index (Phi) is 5.27. The lowest BCUT2D eigenvalue weighted by atomic mass is 9.96. The summed E-state index contributed by atoms with van der Waals surface area (Å²) in [6.45, 7) is 6.88. The second-order valence-corrected chi connectivity index (χ2v) is 8.50. The van der Waals surface area contributed by atoms with Crippen LogP contribution in [-0.4, -0.2) is 43.8 Å². The van der Waals surface area contributed by atoms with E-state index in [1.165, 1.54) is 0 Å². The van der Waals surface area contributed by atoms with Crippen LogP contribution >= 0.6 is 11.3 Å². The van der Waals surface area contributed by atoms with Crippen molar-refractivity contribution in [1.29, 1.82) is 0 Å². The number of rotatable bonds is 3. The van der Waals surface area contributed by atoms with Gasteiger partial charge in [0.1, 0.15) is 11.9 Å². The fraction of sp³-hybridized carbons (Fsp3) is 0.381. The number of likely N-dealkylation sites (tertiary alicyclic amines) is 1. The molecule has 3 aromatic rings. The van der Waals surface area contributed by atoms with E-state index in [2.05, 4.69) is 15.0 Å². The van der Waals surface area contributed by atoms with Crippen LogP contribution < -0.4 is 5.56 Å². The van der Waals surface area contributed by atoms with Crippen molar-refractivity contribution >= 4 is 17.2 Å². The molecule has 1 aliphatic heterocycles. The molecule has 4 heterocycles. The van der Waals surface area contributed by atoms with Crippen LogP contribution in [0.4, 0.5) is 0 Å². The molecule has 7 nitrogen and oxygen atoms in total. The Balaban J connectivity index is 1.48. The van der Waals surface area contributed by atoms with Crippen molar-refractivity contribution in [3.63, 3.8) is 0 Å². The fourth-order valence-corrected chi connectivity index (χ4v) is 5.07. The predicted molar refractivity (Wildman–Crippen MR) is 112 cm³/mol. The molecule has 29 heavy (non-hydrogen) atoms. The van der Waals surface area contributed by atoms with E-state index in [0.717, 1.165) is 45.4 Å². The Hall–Kier alpha value is -2.87. The van der Waals surface area contributed by atoms with Crippen molar-refractivity contribution in [3.8, 4) is 10.6 Å². The largest absolute Gasteiger partial charge is 0.338 e. The summed E-state index contributed by atoms with van der Waals surface area (Å²) in [5, 5.41) is 1.09. The van der Waals surface area contributed by atoms with Gasteiger partial charge in [-0.2, -0.15) is 0 Å². The third kappa shape index (κ3) is 3.85. The zero-order chi connectivity index (χ0) is 20.5. The number of amides is 1. The summed E-state index contributed by atoms with van der Waals surface area (Å²) in [7, 11) is 0. The number of nitrogens with one attached hydrogen (secondary N) is 1. The van der Waals surface area contributed by atoms with Gasteiger partial charge in [-0.1, -0.05) is 0 Å². The highest BCUT2D eigenvalue weighted by Crippen LogP contribution is 2.36. The summed E-state index contributed by atoms with van der Waals surface area (Å²) in [6.07, 6.45) is 4.96. The molecule has 1 saturated heterocycles. The van der Waals surface area contributed by atoms with E-state index in [9.17, 15) is 9.59 Å². The smallest absolute Gasteiger partial charge is 0.261 e. The number of pyridine rings is 1. The van der Waals surface area contributed by atoms with Crippen LogP contribution in [0.3, 0.4) is 0 Å². The predicted octanol–water partition coefficient (Wildman–Crippen LogP) is 3.23. The maximum absolute atomic E-state index is 12.9. The van der Waals surface area contributed by atoms with E-state index in [1.54, 1.807) is 28.8 Å². The summed E-state index contributed by atoms with van der Waals surface area (Å²) in [5.74, 6) is 0.134. The second-order valence-electron chi connectivity index (χ2n) is 7.47. The minimum absolute atomic E-state index is 0.181. The number of aryl methyl sites for hydroxylation is 3. The van der Waals surface area contributed by atoms with E-state index in [4.69, 9.17) is 4.98 Å². The molecule has 1 N–H and O–H groups in total. The maximum atomic E-state index is 12.9. The lowest BCUT2D eigenvalue weighted by molar-refractivity contribution is 0.0710. The number of aromatic nitrogens is 4. The Morgan fingerprint density at radius 1 is 1.24 bits per heavy atom. The second kappa shape index (κ2) is 7.87. The minimum Gasteiger partial charge on any atom is -0.338 e. The number of thiazole rings is 1. The standard InChI is InChI=1S/C21H23N5O2S/c1-12-10-13(2)24-19(27)17(12)21(28)26-8-5-15(6-9-26)20-25-14(3)18(29-20)16-4-7-22-11-23-16/h4,7,10-11,15H,5-6,8-9H2,1-3H3,(H,24,27). The van der Waals surface area contributed by atoms with Crippen molar-refractivity contribution in [2.45, 2.75) is 39.5 Å². The number of nitrogens with zero attached hydrogens (tertiary/aromatic N) is 4. The van der Waals surface area contributed by atoms with E-state index < -0.39 is 0 Å². The Morgan fingerprint density at radius 3 is 2.66 bits per heavy atom. The van der Waals surface area contributed by atoms with Gasteiger partial charge in [0.05, 0.1) is 21.3 Å². The molecule has 150 valence electrons. The van der Waals surface area contributed by atoms with Crippen LogP contribution in [0.2, 0.25) is 0 Å². The monoisotopic (exact) mass is 409 g/mol. The Morgan fingerprint density at radius 2 is 2.00 bits per heavy atom. The first-order valence-corrected chi connectivity index (χ1v) is 10.5. The Bertz CT molecular complexity index is 1100. The van der Waals surface area contributed by atoms with E-state index in [0.29, 0.717) is 19.0 Å². The number of hydrogen-bond acceptors (Lipinski definition) is 6. The number of H-pyrrole nitrogens is 1. The molecule has 0 spiro atoms. The molecule has 1 aliphatic rings. The van der Waals surface area contributed by atoms with Gasteiger partial charge < -0.3 is 9.88 Å². The first kappa shape index (κ1) is 19.4. The average Bonchev–Trinajstić information content (AvgIpc) is 3.09. The van der Waals surface area contributed by atoms with Gasteiger partial charge in [-0.25, -0.2) is 15.0 Å². The lowest BCUT2D eigenvalue weighted by Crippen LogP contribution is -2.40. The maximum Gasteiger partial charge on any atom is 0.261 e. The minimum atomic E-state index is -0.306. The third-order valence-corrected chi connectivity index (χ3v) is 6.68. The number of carbonyl (C=O) groups is 1. The zero-order valence-electron chi connectivity index (χ0n) is 16.7. The van der Waals surface area contributed by atoms with Crippen LogP contribution in [-0.2, 0) is 0 Å². The van der Waals surface area contributed by atoms with Gasteiger partial charge in [-0.15, -0.1) is 11.3 Å². The lowest BCUT2D eigenvalue weighted by Gasteiger charge is -2.31. The quantitative estimate of drug-likeness (QED) is 0.717. The van der Waals surface area contributed by atoms with Gasteiger partial charge in [0.2, 0.25) is 0 Å². The van der Waals surface area contributed by atoms with Crippen molar-refractivity contribution < 1.29 is 4.79 Å². The van der Waals surface area contributed by atoms with E-state index in [-0.39, 0.29) is 17.0 Å². The van der Waals surface area contributed by atoms with Gasteiger partial charge in [0.15, 0.2) is 0 Å². The summed E-state index contributed by atoms with van der Waals surface area (Å²) in [5.41, 5.74) is 3.31. The van der Waals surface area contributed by atoms with Crippen LogP contribution in [0.15, 0.2) is 29.5 Å². The molecule has 0 atom stereocenters. The topological polar surface area (TPSA) is 91.8 Å². The van der Waals surface area contributed by atoms with Crippen molar-refractivity contribution in [2.75, 3.05) is 13.1 Å². The molecule has 0 bridgehead atoms. The SMILES string of the molecule is Cc1cc(C)c(C(=O)N2CCC(c3nc(C)c(-c4ccncn4)s3)CC2)c(=O)[nH]1. The first-order chi connectivity index (χ1) is 13.9. The summed E-state index contributed by atoms with van der Waals surface area (Å²) in [6, 6.07) is 3.74. The molecule has 1 fully saturated rings. The number of aromatic amines is 1. The molecule has 0 radical (unpaired) electrons. The van der Waals surface area contributed by atoms with E-state index in [1.807, 2.05) is 32.9 Å². The highest BCUT2D eigenvalue weighted by molar-refractivity contribution is 7.15. The molecule has 3 aromatic heterocycles. The van der Waals surface area contributed by atoms with Gasteiger partial charge in [-0.05, 0) is 51.3 Å². The van der Waals surface area contributed by atoms with Gasteiger partial charge in [0.25, 0.3) is 11.5 Å². The average molecular weight is 410 g/mol. The molecule has 0 aromatic carbocycles. The highest BCUT2D eigenvalue weighted by atomic mass is 32.1. The molecule has 0 saturated carbocycles. The summed E-state index contributed by atoms with van der Waals surface area (Å²) < 4.78 is 0. The number of piperidine rings is 1. The van der Waals surface area contributed by atoms with Crippen molar-refractivity contribution in [2.24, 2.45) is 0 Å². The molecular formula is C21H23N5O2S. The van der Waals surface area contributed by atoms with Crippen LogP contribution in [0, 0.1) is 20.8 Å². The number of carbonyl (C=O) groups excluding carboxylic acids is 1. The van der Waals surface area contributed by atoms with Crippen molar-refractivity contribution in [1.82, 2.24) is 24.8 Å². The highest BCUT2D eigenvalue weighted by Gasteiger charge is 2.29. The molecule has 0 aliphatic carbocycles. The number of hydrogen-bond donors (Lipinski definition) is 1. The van der Waals surface area contributed by atoms with Crippen molar-refractivity contribution in [3.05, 3.63) is 62.5 Å². The fourth-order valence-electron chi connectivity index (χ4n) is 3.86. The van der Waals surface area contributed by atoms with Crippen LogP contribution in [0.25, 0.3) is 10.6 Å². The molecule has 0 unspecified atom stereocenters. The van der Waals surface area contributed by atoms with Gasteiger partial charge >= 0.3 is 0 Å². The molecule has 4 rings (SSSR count). The first-order valence-electron chi connectivity index (χ1n) is 9.67. The van der Waals surface area contributed by atoms with E-state index >= 15 is 0 Å². The normalized spacial score (nSPS) is 14.9. The van der Waals surface area contributed by atoms with Crippen LogP contribution in [0.5, 0.6) is 0 Å². The molecule has 1 amide bonds. The molecule has 8 heteroatoms. The summed E-state index contributed by atoms with van der Waals surface area (Å²) in [4.78, 5) is 43.9. The van der Waals surface area contributed by atoms with Gasteiger partial charge in [-0.3, -0.25) is 9.59 Å². The van der Waals surface area contributed by atoms with Gasteiger partial charge in [0, 0.05) is 30.9 Å².